The molecule has 150 valence electrons. The molecular weight excluding hydrogens is 328 g/mol. The number of esters is 1. The lowest BCUT2D eigenvalue weighted by molar-refractivity contribution is -0.162. The van der Waals surface area contributed by atoms with Crippen molar-refractivity contribution in [3.63, 3.8) is 0 Å². The number of carboxylic acids is 1. The smallest absolute Gasteiger partial charge is 0.310 e. The Morgan fingerprint density at radius 1 is 0.962 bits per heavy atom. The van der Waals surface area contributed by atoms with Gasteiger partial charge in [-0.3, -0.25) is 9.59 Å². The van der Waals surface area contributed by atoms with Gasteiger partial charge in [0.2, 0.25) is 0 Å². The maximum atomic E-state index is 12.6. The Kier molecular flexibility index (Phi) is 11.3. The Morgan fingerprint density at radius 3 is 2.12 bits per heavy atom. The first kappa shape index (κ1) is 22.7. The number of aliphatic carboxylic acids is 1. The fourth-order valence-corrected chi connectivity index (χ4v) is 3.57. The molecule has 3 atom stereocenters. The lowest BCUT2D eigenvalue weighted by Crippen LogP contribution is -2.34. The average Bonchev–Trinajstić information content (AvgIpc) is 2.61. The summed E-state index contributed by atoms with van der Waals surface area (Å²) in [6.07, 6.45) is 14.5. The molecule has 0 aliphatic heterocycles. The van der Waals surface area contributed by atoms with Crippen LogP contribution >= 0.6 is 0 Å². The van der Waals surface area contributed by atoms with Crippen LogP contribution in [0.4, 0.5) is 0 Å². The third-order valence-electron chi connectivity index (χ3n) is 5.27. The van der Waals surface area contributed by atoms with E-state index in [1.165, 1.54) is 25.7 Å². The second kappa shape index (κ2) is 12.9. The molecule has 4 nitrogen and oxygen atoms in total. The highest BCUT2D eigenvalue weighted by Gasteiger charge is 2.36. The Morgan fingerprint density at radius 2 is 1.54 bits per heavy atom. The summed E-state index contributed by atoms with van der Waals surface area (Å²) in [7, 11) is 0. The van der Waals surface area contributed by atoms with E-state index in [1.54, 1.807) is 0 Å². The van der Waals surface area contributed by atoms with E-state index in [1.807, 2.05) is 12.2 Å². The molecule has 4 heteroatoms. The van der Waals surface area contributed by atoms with Gasteiger partial charge in [-0.05, 0) is 38.0 Å². The molecule has 3 unspecified atom stereocenters. The van der Waals surface area contributed by atoms with Gasteiger partial charge in [-0.2, -0.15) is 0 Å². The molecule has 0 radical (unpaired) electrons. The Labute approximate surface area is 159 Å². The maximum Gasteiger partial charge on any atom is 0.310 e. The van der Waals surface area contributed by atoms with E-state index < -0.39 is 17.8 Å². The molecule has 0 heterocycles. The number of ether oxygens (including phenoxy) is 1. The first-order chi connectivity index (χ1) is 12.5. The van der Waals surface area contributed by atoms with E-state index in [9.17, 15) is 14.7 Å². The summed E-state index contributed by atoms with van der Waals surface area (Å²) in [6, 6.07) is 0. The van der Waals surface area contributed by atoms with Crippen LogP contribution in [0.2, 0.25) is 0 Å². The molecule has 0 saturated heterocycles. The van der Waals surface area contributed by atoms with Gasteiger partial charge in [0.15, 0.2) is 0 Å². The topological polar surface area (TPSA) is 63.6 Å². The van der Waals surface area contributed by atoms with Gasteiger partial charge in [0.25, 0.3) is 0 Å². The molecule has 0 aromatic rings. The highest BCUT2D eigenvalue weighted by molar-refractivity contribution is 5.81. The van der Waals surface area contributed by atoms with Crippen molar-refractivity contribution >= 4 is 11.9 Å². The Balaban J connectivity index is 2.45. The van der Waals surface area contributed by atoms with Crippen molar-refractivity contribution in [2.75, 3.05) is 0 Å². The molecule has 0 amide bonds. The number of hydrogen-bond donors (Lipinski definition) is 1. The van der Waals surface area contributed by atoms with Crippen LogP contribution in [0.25, 0.3) is 0 Å². The van der Waals surface area contributed by atoms with Crippen molar-refractivity contribution in [2.45, 2.75) is 97.5 Å². The third kappa shape index (κ3) is 8.86. The van der Waals surface area contributed by atoms with E-state index >= 15 is 0 Å². The number of rotatable bonds is 13. The summed E-state index contributed by atoms with van der Waals surface area (Å²) in [4.78, 5) is 24.0. The molecular formula is C22H38O4. The molecule has 1 aliphatic rings. The zero-order valence-electron chi connectivity index (χ0n) is 16.9. The molecule has 0 saturated carbocycles. The fraction of sp³-hybridized carbons (Fsp3) is 0.818. The average molecular weight is 367 g/mol. The monoisotopic (exact) mass is 366 g/mol. The molecule has 0 fully saturated rings. The molecule has 0 aromatic heterocycles. The number of hydrogen-bond acceptors (Lipinski definition) is 3. The minimum Gasteiger partial charge on any atom is -0.481 e. The van der Waals surface area contributed by atoms with Crippen LogP contribution in [-0.4, -0.2) is 23.1 Å². The summed E-state index contributed by atoms with van der Waals surface area (Å²) in [5.74, 6) is -1.63. The standard InChI is InChI=1S/C22H38O4/c1-4-5-13-18(14-9-7-6-8-12-17(2)3)26-22(25)20-16-11-10-15-19(20)21(23)24/h10-11,17-20H,4-9,12-16H2,1-3H3,(H,23,24). The van der Waals surface area contributed by atoms with Gasteiger partial charge < -0.3 is 9.84 Å². The number of carbonyl (C=O) groups excluding carboxylic acids is 1. The highest BCUT2D eigenvalue weighted by atomic mass is 16.5. The molecule has 1 rings (SSSR count). The number of carboxylic acid groups (broad SMARTS) is 1. The summed E-state index contributed by atoms with van der Waals surface area (Å²) >= 11 is 0. The van der Waals surface area contributed by atoms with Crippen LogP contribution < -0.4 is 0 Å². The molecule has 0 spiro atoms. The number of unbranched alkanes of at least 4 members (excludes halogenated alkanes) is 4. The minimum absolute atomic E-state index is 0.0621. The predicted molar refractivity (Wildman–Crippen MR) is 105 cm³/mol. The molecule has 1 N–H and O–H groups in total. The number of carbonyl (C=O) groups is 2. The van der Waals surface area contributed by atoms with E-state index in [-0.39, 0.29) is 12.1 Å². The molecule has 0 bridgehead atoms. The minimum atomic E-state index is -0.897. The molecule has 1 aliphatic carbocycles. The van der Waals surface area contributed by atoms with Crippen LogP contribution in [-0.2, 0) is 14.3 Å². The van der Waals surface area contributed by atoms with E-state index in [2.05, 4.69) is 20.8 Å². The normalized spacial score (nSPS) is 20.9. The van der Waals surface area contributed by atoms with E-state index in [0.29, 0.717) is 12.8 Å². The lowest BCUT2D eigenvalue weighted by Gasteiger charge is -2.26. The summed E-state index contributed by atoms with van der Waals surface area (Å²) in [5, 5.41) is 9.35. The maximum absolute atomic E-state index is 12.6. The van der Waals surface area contributed by atoms with Crippen molar-refractivity contribution in [3.8, 4) is 0 Å². The van der Waals surface area contributed by atoms with Crippen LogP contribution in [0.1, 0.15) is 91.4 Å². The van der Waals surface area contributed by atoms with Crippen molar-refractivity contribution in [3.05, 3.63) is 12.2 Å². The number of allylic oxidation sites excluding steroid dienone is 2. The van der Waals surface area contributed by atoms with Crippen molar-refractivity contribution in [1.82, 2.24) is 0 Å². The third-order valence-corrected chi connectivity index (χ3v) is 5.27. The zero-order chi connectivity index (χ0) is 19.4. The zero-order valence-corrected chi connectivity index (χ0v) is 16.9. The SMILES string of the molecule is CCCCC(CCCCCCC(C)C)OC(=O)C1CC=CCC1C(=O)O. The van der Waals surface area contributed by atoms with Gasteiger partial charge in [-0.25, -0.2) is 0 Å². The van der Waals surface area contributed by atoms with Gasteiger partial charge in [-0.15, -0.1) is 0 Å². The van der Waals surface area contributed by atoms with Gasteiger partial charge >= 0.3 is 11.9 Å². The largest absolute Gasteiger partial charge is 0.481 e. The van der Waals surface area contributed by atoms with Gasteiger partial charge in [0.05, 0.1) is 11.8 Å². The predicted octanol–water partition coefficient (Wildman–Crippen LogP) is 5.75. The van der Waals surface area contributed by atoms with Gasteiger partial charge in [0, 0.05) is 0 Å². The van der Waals surface area contributed by atoms with E-state index in [0.717, 1.165) is 38.0 Å². The van der Waals surface area contributed by atoms with Crippen LogP contribution in [0, 0.1) is 17.8 Å². The first-order valence-corrected chi connectivity index (χ1v) is 10.5. The quantitative estimate of drug-likeness (QED) is 0.256. The van der Waals surface area contributed by atoms with Crippen LogP contribution in [0.5, 0.6) is 0 Å². The first-order valence-electron chi connectivity index (χ1n) is 10.5. The van der Waals surface area contributed by atoms with Crippen molar-refractivity contribution in [1.29, 1.82) is 0 Å². The van der Waals surface area contributed by atoms with E-state index in [4.69, 9.17) is 4.74 Å². The van der Waals surface area contributed by atoms with Crippen molar-refractivity contribution in [2.24, 2.45) is 17.8 Å². The summed E-state index contributed by atoms with van der Waals surface area (Å²) < 4.78 is 5.78. The Hall–Kier alpha value is -1.32. The second-order valence-electron chi connectivity index (χ2n) is 8.08. The Bertz CT molecular complexity index is 441. The summed E-state index contributed by atoms with van der Waals surface area (Å²) in [6.45, 7) is 6.65. The fourth-order valence-electron chi connectivity index (χ4n) is 3.57. The van der Waals surface area contributed by atoms with Crippen LogP contribution in [0.15, 0.2) is 12.2 Å². The molecule has 26 heavy (non-hydrogen) atoms. The van der Waals surface area contributed by atoms with Crippen LogP contribution in [0.3, 0.4) is 0 Å². The van der Waals surface area contributed by atoms with Crippen molar-refractivity contribution < 1.29 is 19.4 Å². The highest BCUT2D eigenvalue weighted by Crippen LogP contribution is 2.28. The second-order valence-corrected chi connectivity index (χ2v) is 8.08. The van der Waals surface area contributed by atoms with Gasteiger partial charge in [0.1, 0.15) is 6.10 Å². The van der Waals surface area contributed by atoms with Gasteiger partial charge in [-0.1, -0.05) is 71.4 Å². The summed E-state index contributed by atoms with van der Waals surface area (Å²) in [5.41, 5.74) is 0. The lowest BCUT2D eigenvalue weighted by atomic mass is 9.83. The molecule has 0 aromatic carbocycles.